The van der Waals surface area contributed by atoms with E-state index >= 15 is 0 Å². The number of hydrogen-bond acceptors (Lipinski definition) is 1. The lowest BCUT2D eigenvalue weighted by atomic mass is 9.86. The van der Waals surface area contributed by atoms with Crippen LogP contribution in [0.15, 0.2) is 24.3 Å². The molecule has 1 aliphatic rings. The van der Waals surface area contributed by atoms with E-state index in [1.54, 1.807) is 0 Å². The quantitative estimate of drug-likeness (QED) is 0.255. The maximum atomic E-state index is 6.55. The standard InChI is InChI=1S/C21H40OSi/c1-8-9-10-11-12-13-19-18(4)16-21(22-23(5,6)7)20(19)15-14-17(2)3/h11-12,14-15,17-21H,8-10,13,16H2,1-7H3/b12-11-,15-14?/t18-,19-,20+,21+/m0/s1. The van der Waals surface area contributed by atoms with Crippen molar-refractivity contribution in [2.45, 2.75) is 85.5 Å². The number of hydrogen-bond donors (Lipinski definition) is 0. The molecule has 0 spiro atoms. The van der Waals surface area contributed by atoms with Crippen LogP contribution in [0.25, 0.3) is 0 Å². The fraction of sp³-hybridized carbons (Fsp3) is 0.810. The molecule has 0 aromatic rings. The third-order valence-electron chi connectivity index (χ3n) is 4.78. The fourth-order valence-corrected chi connectivity index (χ4v) is 4.80. The first-order valence-corrected chi connectivity index (χ1v) is 13.2. The average Bonchev–Trinajstić information content (AvgIpc) is 2.69. The molecule has 0 saturated heterocycles. The van der Waals surface area contributed by atoms with Crippen LogP contribution in [0.3, 0.4) is 0 Å². The van der Waals surface area contributed by atoms with Crippen LogP contribution >= 0.6 is 0 Å². The molecule has 1 nitrogen and oxygen atoms in total. The number of unbranched alkanes of at least 4 members (excludes halogenated alkanes) is 2. The van der Waals surface area contributed by atoms with Crippen molar-refractivity contribution in [1.82, 2.24) is 0 Å². The Morgan fingerprint density at radius 2 is 1.87 bits per heavy atom. The topological polar surface area (TPSA) is 9.23 Å². The van der Waals surface area contributed by atoms with Crippen LogP contribution in [-0.2, 0) is 4.43 Å². The predicted octanol–water partition coefficient (Wildman–Crippen LogP) is 6.83. The zero-order chi connectivity index (χ0) is 17.5. The second-order valence-corrected chi connectivity index (χ2v) is 13.2. The number of allylic oxidation sites excluding steroid dienone is 3. The first-order chi connectivity index (χ1) is 10.7. The molecule has 1 aliphatic carbocycles. The minimum atomic E-state index is -1.48. The largest absolute Gasteiger partial charge is 0.414 e. The van der Waals surface area contributed by atoms with Crippen molar-refractivity contribution in [3.8, 4) is 0 Å². The van der Waals surface area contributed by atoms with Crippen LogP contribution in [0.4, 0.5) is 0 Å². The molecular weight excluding hydrogens is 296 g/mol. The highest BCUT2D eigenvalue weighted by Crippen LogP contribution is 2.43. The molecular formula is C21H40OSi. The summed E-state index contributed by atoms with van der Waals surface area (Å²) in [5.41, 5.74) is 0. The SMILES string of the molecule is CCCC/C=C\C[C@@H]1[C@@H](C=CC(C)C)[C@H](O[Si](C)(C)C)C[C@@H]1C. The molecule has 23 heavy (non-hydrogen) atoms. The predicted molar refractivity (Wildman–Crippen MR) is 106 cm³/mol. The number of rotatable bonds is 9. The lowest BCUT2D eigenvalue weighted by Crippen LogP contribution is -2.34. The van der Waals surface area contributed by atoms with E-state index in [4.69, 9.17) is 4.43 Å². The summed E-state index contributed by atoms with van der Waals surface area (Å²) in [5.74, 6) is 2.72. The van der Waals surface area contributed by atoms with Crippen molar-refractivity contribution in [2.75, 3.05) is 0 Å². The van der Waals surface area contributed by atoms with Gasteiger partial charge in [0, 0.05) is 5.92 Å². The lowest BCUT2D eigenvalue weighted by Gasteiger charge is -2.28. The van der Waals surface area contributed by atoms with Gasteiger partial charge in [-0.05, 0) is 56.7 Å². The highest BCUT2D eigenvalue weighted by molar-refractivity contribution is 6.69. The minimum absolute atomic E-state index is 0.431. The van der Waals surface area contributed by atoms with E-state index in [1.165, 1.54) is 32.1 Å². The van der Waals surface area contributed by atoms with Crippen LogP contribution in [0.1, 0.15) is 59.8 Å². The Morgan fingerprint density at radius 3 is 2.43 bits per heavy atom. The van der Waals surface area contributed by atoms with E-state index in [2.05, 4.69) is 71.6 Å². The first kappa shape index (κ1) is 20.7. The summed E-state index contributed by atoms with van der Waals surface area (Å²) < 4.78 is 6.55. The van der Waals surface area contributed by atoms with Crippen molar-refractivity contribution in [3.63, 3.8) is 0 Å². The second-order valence-electron chi connectivity index (χ2n) is 8.70. The molecule has 1 fully saturated rings. The van der Waals surface area contributed by atoms with Gasteiger partial charge in [-0.1, -0.05) is 64.8 Å². The van der Waals surface area contributed by atoms with Gasteiger partial charge in [-0.15, -0.1) is 0 Å². The Kier molecular flexibility index (Phi) is 8.85. The molecule has 0 unspecified atom stereocenters. The molecule has 0 N–H and O–H groups in total. The van der Waals surface area contributed by atoms with Crippen molar-refractivity contribution in [1.29, 1.82) is 0 Å². The summed E-state index contributed by atoms with van der Waals surface area (Å²) in [6.45, 7) is 16.2. The molecule has 134 valence electrons. The van der Waals surface area contributed by atoms with Crippen LogP contribution in [0.5, 0.6) is 0 Å². The van der Waals surface area contributed by atoms with Crippen molar-refractivity contribution in [3.05, 3.63) is 24.3 Å². The van der Waals surface area contributed by atoms with E-state index in [1.807, 2.05) is 0 Å². The Balaban J connectivity index is 2.77. The summed E-state index contributed by atoms with van der Waals surface area (Å²) in [5, 5.41) is 0. The fourth-order valence-electron chi connectivity index (χ4n) is 3.63. The molecule has 0 bridgehead atoms. The van der Waals surface area contributed by atoms with E-state index in [0.29, 0.717) is 17.9 Å². The summed E-state index contributed by atoms with van der Waals surface area (Å²) >= 11 is 0. The van der Waals surface area contributed by atoms with Crippen LogP contribution < -0.4 is 0 Å². The van der Waals surface area contributed by atoms with Crippen LogP contribution in [0, 0.1) is 23.7 Å². The third-order valence-corrected chi connectivity index (χ3v) is 5.79. The molecule has 0 aromatic carbocycles. The van der Waals surface area contributed by atoms with Gasteiger partial charge < -0.3 is 4.43 Å². The normalized spacial score (nSPS) is 29.4. The molecule has 0 aliphatic heterocycles. The molecule has 0 radical (unpaired) electrons. The summed E-state index contributed by atoms with van der Waals surface area (Å²) in [4.78, 5) is 0. The van der Waals surface area contributed by atoms with Crippen molar-refractivity contribution in [2.24, 2.45) is 23.7 Å². The average molecular weight is 337 g/mol. The zero-order valence-electron chi connectivity index (χ0n) is 16.6. The van der Waals surface area contributed by atoms with E-state index < -0.39 is 8.32 Å². The minimum Gasteiger partial charge on any atom is -0.414 e. The van der Waals surface area contributed by atoms with Gasteiger partial charge >= 0.3 is 0 Å². The van der Waals surface area contributed by atoms with Crippen molar-refractivity contribution >= 4 is 8.32 Å². The Bertz CT molecular complexity index is 378. The Morgan fingerprint density at radius 1 is 1.17 bits per heavy atom. The Labute approximate surface area is 146 Å². The van der Waals surface area contributed by atoms with Gasteiger partial charge in [-0.25, -0.2) is 0 Å². The van der Waals surface area contributed by atoms with Crippen LogP contribution in [0.2, 0.25) is 19.6 Å². The maximum absolute atomic E-state index is 6.55. The van der Waals surface area contributed by atoms with Crippen molar-refractivity contribution < 1.29 is 4.43 Å². The highest BCUT2D eigenvalue weighted by atomic mass is 28.4. The molecule has 0 amide bonds. The smallest absolute Gasteiger partial charge is 0.184 e. The Hall–Kier alpha value is -0.343. The van der Waals surface area contributed by atoms with Gasteiger partial charge in [0.2, 0.25) is 0 Å². The monoisotopic (exact) mass is 336 g/mol. The van der Waals surface area contributed by atoms with Gasteiger partial charge in [0.05, 0.1) is 6.10 Å². The lowest BCUT2D eigenvalue weighted by molar-refractivity contribution is 0.160. The second kappa shape index (κ2) is 9.83. The van der Waals surface area contributed by atoms with E-state index in [-0.39, 0.29) is 0 Å². The molecule has 1 saturated carbocycles. The van der Waals surface area contributed by atoms with Gasteiger partial charge in [0.15, 0.2) is 8.32 Å². The summed E-state index contributed by atoms with van der Waals surface area (Å²) in [6.07, 6.45) is 16.4. The zero-order valence-corrected chi connectivity index (χ0v) is 17.6. The van der Waals surface area contributed by atoms with Gasteiger partial charge in [0.25, 0.3) is 0 Å². The highest BCUT2D eigenvalue weighted by Gasteiger charge is 2.41. The van der Waals surface area contributed by atoms with E-state index in [9.17, 15) is 0 Å². The molecule has 0 aromatic heterocycles. The summed E-state index contributed by atoms with van der Waals surface area (Å²) in [7, 11) is -1.48. The maximum Gasteiger partial charge on any atom is 0.184 e. The van der Waals surface area contributed by atoms with E-state index in [0.717, 1.165) is 11.8 Å². The summed E-state index contributed by atoms with van der Waals surface area (Å²) in [6, 6.07) is 0. The third kappa shape index (κ3) is 7.85. The van der Waals surface area contributed by atoms with Gasteiger partial charge in [-0.2, -0.15) is 0 Å². The van der Waals surface area contributed by atoms with Crippen LogP contribution in [-0.4, -0.2) is 14.4 Å². The molecule has 0 heterocycles. The van der Waals surface area contributed by atoms with Gasteiger partial charge in [0.1, 0.15) is 0 Å². The molecule has 1 rings (SSSR count). The molecule has 4 atom stereocenters. The first-order valence-electron chi connectivity index (χ1n) is 9.75. The van der Waals surface area contributed by atoms with Gasteiger partial charge in [-0.3, -0.25) is 0 Å². The molecule has 2 heteroatoms.